The Hall–Kier alpha value is -3.03. The Labute approximate surface area is 221 Å². The number of nitrogens with one attached hydrogen (secondary N) is 2. The summed E-state index contributed by atoms with van der Waals surface area (Å²) in [4.78, 5) is 17.8. The monoisotopic (exact) mass is 555 g/mol. The number of carbonyl (C=O) groups is 1. The average molecular weight is 556 g/mol. The first-order chi connectivity index (χ1) is 17.9. The average Bonchev–Trinajstić information content (AvgIpc) is 3.68. The Balaban J connectivity index is 1.85. The highest BCUT2D eigenvalue weighted by molar-refractivity contribution is 7.93. The highest BCUT2D eigenvalue weighted by Gasteiger charge is 2.27. The molecule has 1 saturated carbocycles. The summed E-state index contributed by atoms with van der Waals surface area (Å²) in [5.74, 6) is -1.30. The predicted octanol–water partition coefficient (Wildman–Crippen LogP) is 2.51. The summed E-state index contributed by atoms with van der Waals surface area (Å²) >= 11 is 0. The number of hydrogen-bond acceptors (Lipinski definition) is 8. The van der Waals surface area contributed by atoms with Gasteiger partial charge in [-0.1, -0.05) is 0 Å². The van der Waals surface area contributed by atoms with Crippen LogP contribution in [0.3, 0.4) is 0 Å². The lowest BCUT2D eigenvalue weighted by molar-refractivity contribution is 0.0883. The van der Waals surface area contributed by atoms with Crippen LogP contribution in [0.1, 0.15) is 37.0 Å². The molecule has 1 fully saturated rings. The number of methoxy groups -OCH3 is 1. The van der Waals surface area contributed by atoms with Crippen LogP contribution in [0.2, 0.25) is 0 Å². The molecule has 1 aromatic carbocycles. The van der Waals surface area contributed by atoms with Crippen molar-refractivity contribution in [3.63, 3.8) is 0 Å². The van der Waals surface area contributed by atoms with Crippen molar-refractivity contribution in [1.29, 1.82) is 0 Å². The van der Waals surface area contributed by atoms with Crippen molar-refractivity contribution < 1.29 is 31.5 Å². The van der Waals surface area contributed by atoms with Gasteiger partial charge in [0.05, 0.1) is 23.9 Å². The van der Waals surface area contributed by atoms with E-state index in [9.17, 15) is 22.0 Å². The van der Waals surface area contributed by atoms with Gasteiger partial charge in [0.15, 0.2) is 0 Å². The van der Waals surface area contributed by atoms with Crippen molar-refractivity contribution >= 4 is 27.6 Å². The van der Waals surface area contributed by atoms with Crippen LogP contribution < -0.4 is 25.4 Å². The van der Waals surface area contributed by atoms with Gasteiger partial charge in [-0.25, -0.2) is 22.2 Å². The molecule has 1 heterocycles. The molecule has 1 aliphatic carbocycles. The first-order valence-corrected chi connectivity index (χ1v) is 13.8. The first kappa shape index (κ1) is 29.5. The topological polar surface area (TPSA) is 136 Å². The summed E-state index contributed by atoms with van der Waals surface area (Å²) in [5, 5.41) is 5.25. The molecule has 0 unspecified atom stereocenters. The molecule has 1 aliphatic rings. The van der Waals surface area contributed by atoms with E-state index in [1.165, 1.54) is 26.3 Å². The number of halogens is 2. The molecule has 10 nitrogen and oxygen atoms in total. The van der Waals surface area contributed by atoms with Gasteiger partial charge in [-0.15, -0.1) is 0 Å². The molecular formula is C25H35F2N5O5S. The maximum Gasteiger partial charge on any atom is 0.251 e. The number of nitrogens with zero attached hydrogens (tertiary/aromatic N) is 2. The predicted molar refractivity (Wildman–Crippen MR) is 141 cm³/mol. The molecule has 0 saturated heterocycles. The molecule has 0 spiro atoms. The molecule has 0 aliphatic heterocycles. The Morgan fingerprint density at radius 2 is 1.82 bits per heavy atom. The van der Waals surface area contributed by atoms with Crippen LogP contribution in [0.15, 0.2) is 30.3 Å². The third-order valence-corrected chi connectivity index (χ3v) is 8.24. The van der Waals surface area contributed by atoms with E-state index < -0.39 is 44.9 Å². The van der Waals surface area contributed by atoms with Crippen LogP contribution in [-0.4, -0.2) is 70.6 Å². The summed E-state index contributed by atoms with van der Waals surface area (Å²) in [5.41, 5.74) is 6.33. The third kappa shape index (κ3) is 7.98. The Morgan fingerprint density at radius 1 is 1.16 bits per heavy atom. The number of carbonyl (C=O) groups excluding carboxylic acids is 1. The van der Waals surface area contributed by atoms with E-state index >= 15 is 0 Å². The second-order valence-electron chi connectivity index (χ2n) is 9.60. The van der Waals surface area contributed by atoms with Crippen LogP contribution >= 0.6 is 0 Å². The van der Waals surface area contributed by atoms with Gasteiger partial charge >= 0.3 is 0 Å². The molecule has 4 N–H and O–H groups in total. The van der Waals surface area contributed by atoms with Crippen LogP contribution in [0.5, 0.6) is 5.75 Å². The van der Waals surface area contributed by atoms with Gasteiger partial charge in [0.25, 0.3) is 5.91 Å². The third-order valence-electron chi connectivity index (χ3n) is 6.10. The van der Waals surface area contributed by atoms with Gasteiger partial charge in [-0.05, 0) is 44.7 Å². The summed E-state index contributed by atoms with van der Waals surface area (Å²) in [7, 11) is -0.879. The molecule has 2 atom stereocenters. The zero-order valence-corrected chi connectivity index (χ0v) is 22.7. The van der Waals surface area contributed by atoms with Crippen molar-refractivity contribution in [2.45, 2.75) is 44.0 Å². The van der Waals surface area contributed by atoms with E-state index in [0.29, 0.717) is 18.3 Å². The fraction of sp³-hybridized carbons (Fsp3) is 0.520. The molecule has 1 aromatic heterocycles. The van der Waals surface area contributed by atoms with Gasteiger partial charge in [0.2, 0.25) is 10.0 Å². The number of rotatable bonds is 14. The number of anilines is 2. The number of aromatic nitrogens is 1. The molecule has 2 aromatic rings. The minimum atomic E-state index is -3.70. The number of benzene rings is 1. The number of sulfonamides is 1. The van der Waals surface area contributed by atoms with Crippen molar-refractivity contribution in [2.24, 2.45) is 11.7 Å². The minimum absolute atomic E-state index is 0.0651. The van der Waals surface area contributed by atoms with Gasteiger partial charge in [0.1, 0.15) is 35.6 Å². The van der Waals surface area contributed by atoms with Crippen molar-refractivity contribution in [3.05, 3.63) is 47.5 Å². The molecule has 0 bridgehead atoms. The lowest BCUT2D eigenvalue weighted by atomic mass is 10.1. The van der Waals surface area contributed by atoms with E-state index in [2.05, 4.69) is 15.6 Å². The zero-order valence-electron chi connectivity index (χ0n) is 21.9. The molecular weight excluding hydrogens is 520 g/mol. The fourth-order valence-electron chi connectivity index (χ4n) is 3.55. The second-order valence-corrected chi connectivity index (χ2v) is 12.1. The first-order valence-electron chi connectivity index (χ1n) is 12.3. The van der Waals surface area contributed by atoms with Crippen LogP contribution in [-0.2, 0) is 14.8 Å². The van der Waals surface area contributed by atoms with Crippen LogP contribution in [0, 0.1) is 17.6 Å². The number of nitrogens with two attached hydrogens (primary N) is 1. The van der Waals surface area contributed by atoms with Gasteiger partial charge in [-0.3, -0.25) is 9.10 Å². The molecule has 3 rings (SSSR count). The van der Waals surface area contributed by atoms with E-state index in [-0.39, 0.29) is 30.3 Å². The lowest BCUT2D eigenvalue weighted by Crippen LogP contribution is -2.53. The standard InChI is InChI=1S/C25H35F2N5O5S/c1-15(2)38(34,35)32(3)24-8-17(7-23(31-24)29-12-16-5-6-16)25(33)30-22(21(28)13-36-4)14-37-20-10-18(26)9-19(27)11-20/h7-11,15-16,21-22H,5-6,12-14,28H2,1-4H3,(H,29,31)(H,30,33)/t21-,22-/m0/s1. The van der Waals surface area contributed by atoms with Gasteiger partial charge in [-0.2, -0.15) is 0 Å². The second kappa shape index (κ2) is 12.7. The molecule has 1 amide bonds. The molecule has 13 heteroatoms. The SMILES string of the molecule is COC[C@H](N)[C@H](COc1cc(F)cc(F)c1)NC(=O)c1cc(NCC2CC2)nc(N(C)S(=O)(=O)C(C)C)c1. The van der Waals surface area contributed by atoms with E-state index in [1.807, 2.05) is 0 Å². The number of hydrogen-bond donors (Lipinski definition) is 3. The van der Waals surface area contributed by atoms with Gasteiger partial charge in [0, 0.05) is 44.5 Å². The number of pyridine rings is 1. The molecule has 0 radical (unpaired) electrons. The van der Waals surface area contributed by atoms with Crippen molar-refractivity contribution in [3.8, 4) is 5.75 Å². The fourth-order valence-corrected chi connectivity index (χ4v) is 4.53. The van der Waals surface area contributed by atoms with Crippen LogP contribution in [0.25, 0.3) is 0 Å². The number of amides is 1. The quantitative estimate of drug-likeness (QED) is 0.324. The summed E-state index contributed by atoms with van der Waals surface area (Å²) in [6, 6.07) is 4.11. The minimum Gasteiger partial charge on any atom is -0.491 e. The van der Waals surface area contributed by atoms with E-state index in [0.717, 1.165) is 35.3 Å². The summed E-state index contributed by atoms with van der Waals surface area (Å²) in [6.45, 7) is 3.63. The highest BCUT2D eigenvalue weighted by atomic mass is 32.2. The van der Waals surface area contributed by atoms with Crippen molar-refractivity contribution in [1.82, 2.24) is 10.3 Å². The Kier molecular flexibility index (Phi) is 9.85. The lowest BCUT2D eigenvalue weighted by Gasteiger charge is -2.26. The maximum absolute atomic E-state index is 13.6. The maximum atomic E-state index is 13.6. The Morgan fingerprint density at radius 3 is 2.39 bits per heavy atom. The largest absolute Gasteiger partial charge is 0.491 e. The normalized spacial score (nSPS) is 15.2. The number of ether oxygens (including phenoxy) is 2. The zero-order chi connectivity index (χ0) is 28.0. The van der Waals surface area contributed by atoms with Gasteiger partial charge < -0.3 is 25.8 Å². The van der Waals surface area contributed by atoms with E-state index in [1.54, 1.807) is 13.8 Å². The molecule has 210 valence electrons. The Bertz CT molecular complexity index is 1210. The van der Waals surface area contributed by atoms with Crippen molar-refractivity contribution in [2.75, 3.05) is 43.5 Å². The summed E-state index contributed by atoms with van der Waals surface area (Å²) in [6.07, 6.45) is 2.19. The van der Waals surface area contributed by atoms with Crippen LogP contribution in [0.4, 0.5) is 20.4 Å². The highest BCUT2D eigenvalue weighted by Crippen LogP contribution is 2.29. The van der Waals surface area contributed by atoms with E-state index in [4.69, 9.17) is 15.2 Å². The molecule has 38 heavy (non-hydrogen) atoms. The smallest absolute Gasteiger partial charge is 0.251 e. The summed E-state index contributed by atoms with van der Waals surface area (Å²) < 4.78 is 64.3.